The van der Waals surface area contributed by atoms with Gasteiger partial charge in [0.05, 0.1) is 0 Å². The Balaban J connectivity index is 2.37. The van der Waals surface area contributed by atoms with Crippen molar-refractivity contribution in [2.24, 2.45) is 0 Å². The molecule has 16 heavy (non-hydrogen) atoms. The van der Waals surface area contributed by atoms with Gasteiger partial charge in [0.15, 0.2) is 0 Å². The molecule has 0 spiro atoms. The van der Waals surface area contributed by atoms with Crippen LogP contribution >= 0.6 is 0 Å². The minimum atomic E-state index is 0.211. The summed E-state index contributed by atoms with van der Waals surface area (Å²) in [7, 11) is 0. The van der Waals surface area contributed by atoms with Crippen molar-refractivity contribution in [3.05, 3.63) is 48.0 Å². The van der Waals surface area contributed by atoms with Gasteiger partial charge in [-0.3, -0.25) is 0 Å². The van der Waals surface area contributed by atoms with Crippen LogP contribution in [0.3, 0.4) is 0 Å². The predicted octanol–water partition coefficient (Wildman–Crippen LogP) is 3.48. The molecule has 0 bridgehead atoms. The number of imidazole rings is 1. The second-order valence-corrected chi connectivity index (χ2v) is 5.14. The first-order valence-electron chi connectivity index (χ1n) is 5.59. The number of hydrogen-bond acceptors (Lipinski definition) is 1. The summed E-state index contributed by atoms with van der Waals surface area (Å²) < 4.78 is 2.09. The highest BCUT2D eigenvalue weighted by atomic mass is 15.1. The molecule has 1 heterocycles. The molecule has 1 aromatic heterocycles. The van der Waals surface area contributed by atoms with Gasteiger partial charge in [-0.25, -0.2) is 4.98 Å². The Morgan fingerprint density at radius 3 is 2.12 bits per heavy atom. The molecule has 0 aliphatic heterocycles. The summed E-state index contributed by atoms with van der Waals surface area (Å²) in [4.78, 5) is 4.23. The van der Waals surface area contributed by atoms with Crippen LogP contribution < -0.4 is 0 Å². The van der Waals surface area contributed by atoms with E-state index in [9.17, 15) is 0 Å². The minimum Gasteiger partial charge on any atom is -0.304 e. The Labute approximate surface area is 97.0 Å². The van der Waals surface area contributed by atoms with Gasteiger partial charge in [-0.05, 0) is 30.0 Å². The van der Waals surface area contributed by atoms with Crippen LogP contribution in [0.1, 0.15) is 32.2 Å². The van der Waals surface area contributed by atoms with Gasteiger partial charge in [0.25, 0.3) is 0 Å². The van der Waals surface area contributed by atoms with Crippen LogP contribution in [0.4, 0.5) is 0 Å². The average molecular weight is 214 g/mol. The lowest BCUT2D eigenvalue weighted by atomic mass is 9.87. The first-order chi connectivity index (χ1) is 7.48. The number of aromatic nitrogens is 2. The quantitative estimate of drug-likeness (QED) is 0.710. The fourth-order valence-corrected chi connectivity index (χ4v) is 1.77. The molecular weight excluding hydrogens is 196 g/mol. The van der Waals surface area contributed by atoms with Crippen LogP contribution in [-0.2, 0) is 5.41 Å². The molecule has 0 saturated carbocycles. The summed E-state index contributed by atoms with van der Waals surface area (Å²) in [5.41, 5.74) is 2.74. The molecule has 2 rings (SSSR count). The molecular formula is C14H18N2. The monoisotopic (exact) mass is 214 g/mol. The van der Waals surface area contributed by atoms with Crippen LogP contribution in [0.15, 0.2) is 36.7 Å². The van der Waals surface area contributed by atoms with E-state index >= 15 is 0 Å². The van der Waals surface area contributed by atoms with Gasteiger partial charge in [0.1, 0.15) is 5.82 Å². The third-order valence-corrected chi connectivity index (χ3v) is 2.84. The molecule has 0 amide bonds. The van der Waals surface area contributed by atoms with Gasteiger partial charge in [-0.15, -0.1) is 0 Å². The van der Waals surface area contributed by atoms with Crippen molar-refractivity contribution in [2.75, 3.05) is 0 Å². The number of benzene rings is 1. The lowest BCUT2D eigenvalue weighted by molar-refractivity contribution is 0.590. The number of nitrogens with zero attached hydrogens (tertiary/aromatic N) is 2. The molecule has 2 nitrogen and oxygen atoms in total. The largest absolute Gasteiger partial charge is 0.304 e. The van der Waals surface area contributed by atoms with Gasteiger partial charge >= 0.3 is 0 Å². The smallest absolute Gasteiger partial charge is 0.110 e. The Kier molecular flexibility index (Phi) is 2.58. The highest BCUT2D eigenvalue weighted by Crippen LogP contribution is 2.23. The van der Waals surface area contributed by atoms with Gasteiger partial charge in [-0.1, -0.05) is 32.9 Å². The highest BCUT2D eigenvalue weighted by molar-refractivity contribution is 5.37. The Morgan fingerprint density at radius 1 is 1.06 bits per heavy atom. The fourth-order valence-electron chi connectivity index (χ4n) is 1.77. The normalized spacial score (nSPS) is 11.8. The van der Waals surface area contributed by atoms with Crippen molar-refractivity contribution in [1.82, 2.24) is 9.55 Å². The molecule has 0 aliphatic rings. The third kappa shape index (κ3) is 2.01. The van der Waals surface area contributed by atoms with Crippen molar-refractivity contribution < 1.29 is 0 Å². The summed E-state index contributed by atoms with van der Waals surface area (Å²) in [5.74, 6) is 1.02. The third-order valence-electron chi connectivity index (χ3n) is 2.84. The summed E-state index contributed by atoms with van der Waals surface area (Å²) in [6.07, 6.45) is 3.81. The second kappa shape index (κ2) is 3.78. The van der Waals surface area contributed by atoms with Crippen LogP contribution in [0, 0.1) is 6.92 Å². The minimum absolute atomic E-state index is 0.211. The number of rotatable bonds is 1. The Hall–Kier alpha value is -1.57. The molecule has 0 unspecified atom stereocenters. The predicted molar refractivity (Wildman–Crippen MR) is 67.0 cm³/mol. The molecule has 0 radical (unpaired) electrons. The molecule has 2 heteroatoms. The molecule has 0 N–H and O–H groups in total. The van der Waals surface area contributed by atoms with E-state index in [1.165, 1.54) is 11.3 Å². The van der Waals surface area contributed by atoms with E-state index in [0.717, 1.165) is 5.82 Å². The van der Waals surface area contributed by atoms with E-state index in [0.29, 0.717) is 0 Å². The van der Waals surface area contributed by atoms with Crippen LogP contribution in [0.5, 0.6) is 0 Å². The molecule has 0 saturated heterocycles. The standard InChI is InChI=1S/C14H18N2/c1-11-15-9-10-16(11)13-7-5-12(6-8-13)14(2,3)4/h5-10H,1-4H3. The molecule has 0 aliphatic carbocycles. The Morgan fingerprint density at radius 2 is 1.69 bits per heavy atom. The number of hydrogen-bond donors (Lipinski definition) is 0. The van der Waals surface area contributed by atoms with Crippen molar-refractivity contribution in [2.45, 2.75) is 33.1 Å². The van der Waals surface area contributed by atoms with Gasteiger partial charge in [0.2, 0.25) is 0 Å². The van der Waals surface area contributed by atoms with Gasteiger partial charge in [0, 0.05) is 18.1 Å². The van der Waals surface area contributed by atoms with Crippen molar-refractivity contribution in [1.29, 1.82) is 0 Å². The van der Waals surface area contributed by atoms with Crippen molar-refractivity contribution in [3.8, 4) is 5.69 Å². The van der Waals surface area contributed by atoms with E-state index in [1.54, 1.807) is 0 Å². The van der Waals surface area contributed by atoms with E-state index in [-0.39, 0.29) is 5.41 Å². The van der Waals surface area contributed by atoms with E-state index < -0.39 is 0 Å². The van der Waals surface area contributed by atoms with Crippen molar-refractivity contribution >= 4 is 0 Å². The molecule has 0 fully saturated rings. The summed E-state index contributed by atoms with van der Waals surface area (Å²) in [6.45, 7) is 8.69. The van der Waals surface area contributed by atoms with E-state index in [1.807, 2.05) is 19.3 Å². The maximum Gasteiger partial charge on any atom is 0.110 e. The summed E-state index contributed by atoms with van der Waals surface area (Å²) in [5, 5.41) is 0. The SMILES string of the molecule is Cc1nccn1-c1ccc(C(C)(C)C)cc1. The molecule has 1 aromatic carbocycles. The zero-order valence-corrected chi connectivity index (χ0v) is 10.4. The van der Waals surface area contributed by atoms with Gasteiger partial charge in [-0.2, -0.15) is 0 Å². The number of aryl methyl sites for hydroxylation is 1. The molecule has 84 valence electrons. The molecule has 0 atom stereocenters. The van der Waals surface area contributed by atoms with Crippen LogP contribution in [-0.4, -0.2) is 9.55 Å². The first-order valence-corrected chi connectivity index (χ1v) is 5.59. The first kappa shape index (κ1) is 10.9. The van der Waals surface area contributed by atoms with Crippen molar-refractivity contribution in [3.63, 3.8) is 0 Å². The highest BCUT2D eigenvalue weighted by Gasteiger charge is 2.13. The van der Waals surface area contributed by atoms with Crippen LogP contribution in [0.25, 0.3) is 5.69 Å². The fraction of sp³-hybridized carbons (Fsp3) is 0.357. The summed E-state index contributed by atoms with van der Waals surface area (Å²) >= 11 is 0. The molecule has 2 aromatic rings. The maximum absolute atomic E-state index is 4.23. The average Bonchev–Trinajstić information content (AvgIpc) is 2.63. The zero-order chi connectivity index (χ0) is 11.8. The van der Waals surface area contributed by atoms with Crippen LogP contribution in [0.2, 0.25) is 0 Å². The second-order valence-electron chi connectivity index (χ2n) is 5.14. The zero-order valence-electron chi connectivity index (χ0n) is 10.4. The maximum atomic E-state index is 4.23. The van der Waals surface area contributed by atoms with E-state index in [2.05, 4.69) is 54.6 Å². The summed E-state index contributed by atoms with van der Waals surface area (Å²) in [6, 6.07) is 8.67. The lowest BCUT2D eigenvalue weighted by Crippen LogP contribution is -2.10. The lowest BCUT2D eigenvalue weighted by Gasteiger charge is -2.19. The van der Waals surface area contributed by atoms with Gasteiger partial charge < -0.3 is 4.57 Å². The Bertz CT molecular complexity index is 472. The van der Waals surface area contributed by atoms with E-state index in [4.69, 9.17) is 0 Å². The topological polar surface area (TPSA) is 17.8 Å².